The number of amidine groups is 3. The third kappa shape index (κ3) is 22.4. The zero-order chi connectivity index (χ0) is 47.2. The van der Waals surface area contributed by atoms with Gasteiger partial charge < -0.3 is 30.9 Å². The standard InChI is InChI=1S/3C21H27N2.Yb/c3*1-4-10-18(11-5-1)16-17-21(22-19-12-6-2-7-13-19)23-20-14-8-3-9-15-20;/h3*1,4-5,10-11,19-20H,2-3,6-9,12-15H2;/q3*-1;+3. The number of aliphatic imine (C=N–C) groups is 3. The Labute approximate surface area is 463 Å². The van der Waals surface area contributed by atoms with Gasteiger partial charge >= 0.3 is 46.9 Å². The molecule has 6 saturated carbocycles. The second-order valence-corrected chi connectivity index (χ2v) is 20.3. The van der Waals surface area contributed by atoms with Crippen molar-refractivity contribution < 1.29 is 46.9 Å². The van der Waals surface area contributed by atoms with Crippen LogP contribution >= 0.6 is 0 Å². The Morgan fingerprint density at radius 1 is 0.300 bits per heavy atom. The van der Waals surface area contributed by atoms with Crippen molar-refractivity contribution >= 4 is 17.5 Å². The third-order valence-electron chi connectivity index (χ3n) is 14.6. The fourth-order valence-electron chi connectivity index (χ4n) is 10.5. The van der Waals surface area contributed by atoms with Gasteiger partial charge in [-0.05, 0) is 90.2 Å². The molecule has 0 amide bonds. The summed E-state index contributed by atoms with van der Waals surface area (Å²) in [5, 5.41) is 14.8. The van der Waals surface area contributed by atoms with E-state index in [-0.39, 0.29) is 46.9 Å². The van der Waals surface area contributed by atoms with E-state index in [1.165, 1.54) is 193 Å². The molecule has 0 spiro atoms. The van der Waals surface area contributed by atoms with Gasteiger partial charge in [-0.1, -0.05) is 283 Å². The summed E-state index contributed by atoms with van der Waals surface area (Å²) in [5.41, 5.74) is 3.13. The molecule has 0 heterocycles. The Hall–Kier alpha value is -3.73. The molecule has 0 N–H and O–H groups in total. The summed E-state index contributed by atoms with van der Waals surface area (Å²) < 4.78 is 0. The van der Waals surface area contributed by atoms with Crippen LogP contribution in [0.15, 0.2) is 106 Å². The van der Waals surface area contributed by atoms with Gasteiger partial charge in [0.2, 0.25) is 0 Å². The van der Waals surface area contributed by atoms with Crippen molar-refractivity contribution in [2.24, 2.45) is 15.0 Å². The average molecular weight is 1100 g/mol. The fourth-order valence-corrected chi connectivity index (χ4v) is 10.5. The summed E-state index contributed by atoms with van der Waals surface area (Å²) in [5.74, 6) is 21.9. The van der Waals surface area contributed by atoms with Crippen molar-refractivity contribution in [3.63, 3.8) is 0 Å². The van der Waals surface area contributed by atoms with Gasteiger partial charge in [0.15, 0.2) is 0 Å². The fraction of sp³-hybridized carbons (Fsp3) is 0.571. The second-order valence-electron chi connectivity index (χ2n) is 20.3. The summed E-state index contributed by atoms with van der Waals surface area (Å²) in [7, 11) is 0. The van der Waals surface area contributed by atoms with E-state index in [9.17, 15) is 0 Å². The van der Waals surface area contributed by atoms with Gasteiger partial charge in [-0.25, -0.2) is 0 Å². The van der Waals surface area contributed by atoms with Crippen LogP contribution in [0.3, 0.4) is 0 Å². The Bertz CT molecular complexity index is 1920. The first kappa shape index (κ1) is 55.6. The van der Waals surface area contributed by atoms with Gasteiger partial charge in [0.05, 0.1) is 0 Å². The Kier molecular flexibility index (Phi) is 26.9. The predicted octanol–water partition coefficient (Wildman–Crippen LogP) is 16.4. The Morgan fingerprint density at radius 3 is 0.743 bits per heavy atom. The molecule has 6 nitrogen and oxygen atoms in total. The quantitative estimate of drug-likeness (QED) is 0.134. The number of hydrogen-bond acceptors (Lipinski definition) is 3. The summed E-state index contributed by atoms with van der Waals surface area (Å²) >= 11 is 0. The number of rotatable bonds is 6. The Balaban J connectivity index is 0.000000171. The molecule has 9 rings (SSSR count). The monoisotopic (exact) mass is 1100 g/mol. The molecule has 6 aliphatic rings. The number of nitrogens with zero attached hydrogens (tertiary/aromatic N) is 6. The summed E-state index contributed by atoms with van der Waals surface area (Å²) in [6.45, 7) is 0. The average Bonchev–Trinajstić information content (AvgIpc) is 3.42. The minimum absolute atomic E-state index is 0. The molecule has 7 heteroatoms. The zero-order valence-corrected chi connectivity index (χ0v) is 44.0. The number of benzene rings is 3. The van der Waals surface area contributed by atoms with Gasteiger partial charge in [0.1, 0.15) is 0 Å². The summed E-state index contributed by atoms with van der Waals surface area (Å²) in [6, 6.07) is 33.2. The van der Waals surface area contributed by atoms with E-state index in [4.69, 9.17) is 30.9 Å². The molecule has 3 aromatic rings. The van der Waals surface area contributed by atoms with Gasteiger partial charge in [-0.3, -0.25) is 0 Å². The van der Waals surface area contributed by atoms with Crippen molar-refractivity contribution in [1.29, 1.82) is 0 Å². The van der Waals surface area contributed by atoms with Crippen LogP contribution in [0.1, 0.15) is 209 Å². The van der Waals surface area contributed by atoms with Crippen LogP contribution in [0.4, 0.5) is 0 Å². The van der Waals surface area contributed by atoms with Crippen LogP contribution in [-0.2, 0) is 0 Å². The van der Waals surface area contributed by atoms with Crippen molar-refractivity contribution in [2.75, 3.05) is 0 Å². The van der Waals surface area contributed by atoms with Crippen LogP contribution in [0.25, 0.3) is 16.0 Å². The molecule has 70 heavy (non-hydrogen) atoms. The van der Waals surface area contributed by atoms with Gasteiger partial charge in [0, 0.05) is 16.7 Å². The maximum Gasteiger partial charge on any atom is 3.00 e. The largest absolute Gasteiger partial charge is 3.00 e. The molecule has 0 saturated heterocycles. The molecule has 0 bridgehead atoms. The van der Waals surface area contributed by atoms with E-state index in [1.54, 1.807) is 0 Å². The van der Waals surface area contributed by atoms with Crippen LogP contribution in [0.2, 0.25) is 0 Å². The molecule has 6 fully saturated rings. The summed E-state index contributed by atoms with van der Waals surface area (Å²) in [4.78, 5) is 14.8. The number of hydrogen-bond donors (Lipinski definition) is 0. The molecule has 0 atom stereocenters. The molecular weight excluding hydrogens is 1010 g/mol. The van der Waals surface area contributed by atoms with E-state index in [1.807, 2.05) is 91.0 Å². The zero-order valence-electron chi connectivity index (χ0n) is 42.3. The SMILES string of the molecule is C(#Cc1ccccc1)C(=NC1CCCCC1)[N-]C1CCCCC1.C(#Cc1ccccc1)C(=NC1CCCCC1)[N-]C1CCCCC1.C(#Cc1ccccc1)C(=NC1CCCCC1)[N-]C1CCCCC1.[Yb+3]. The predicted molar refractivity (Wildman–Crippen MR) is 294 cm³/mol. The normalized spacial score (nSPS) is 20.3. The van der Waals surface area contributed by atoms with E-state index in [0.717, 1.165) is 34.2 Å². The van der Waals surface area contributed by atoms with Crippen LogP contribution in [0.5, 0.6) is 0 Å². The molecular formula is C63H81N6Yb. The Morgan fingerprint density at radius 2 is 0.514 bits per heavy atom. The first-order valence-corrected chi connectivity index (χ1v) is 27.8. The molecule has 1 radical (unpaired) electrons. The first-order chi connectivity index (χ1) is 34.2. The van der Waals surface area contributed by atoms with Crippen LogP contribution < -0.4 is 0 Å². The first-order valence-electron chi connectivity index (χ1n) is 27.8. The maximum atomic E-state index is 4.92. The van der Waals surface area contributed by atoms with E-state index in [2.05, 4.69) is 35.5 Å². The van der Waals surface area contributed by atoms with Crippen molar-refractivity contribution in [3.05, 3.63) is 124 Å². The van der Waals surface area contributed by atoms with Gasteiger partial charge in [-0.15, -0.1) is 0 Å². The van der Waals surface area contributed by atoms with E-state index in [0.29, 0.717) is 36.3 Å². The second kappa shape index (κ2) is 33.8. The molecule has 3 aromatic carbocycles. The van der Waals surface area contributed by atoms with Crippen molar-refractivity contribution in [1.82, 2.24) is 0 Å². The minimum Gasteiger partial charge on any atom is -0.455 e. The third-order valence-corrected chi connectivity index (χ3v) is 14.6. The van der Waals surface area contributed by atoms with E-state index < -0.39 is 0 Å². The topological polar surface area (TPSA) is 79.4 Å². The molecule has 0 unspecified atom stereocenters. The minimum atomic E-state index is 0. The summed E-state index contributed by atoms with van der Waals surface area (Å²) in [6.07, 6.45) is 38.2. The molecule has 377 valence electrons. The smallest absolute Gasteiger partial charge is 0.455 e. The molecule has 6 aliphatic carbocycles. The van der Waals surface area contributed by atoms with Crippen LogP contribution in [-0.4, -0.2) is 53.8 Å². The van der Waals surface area contributed by atoms with E-state index >= 15 is 0 Å². The van der Waals surface area contributed by atoms with Crippen LogP contribution in [0, 0.1) is 82.4 Å². The van der Waals surface area contributed by atoms with Crippen molar-refractivity contribution in [2.45, 2.75) is 229 Å². The van der Waals surface area contributed by atoms with Crippen molar-refractivity contribution in [3.8, 4) is 35.5 Å². The van der Waals surface area contributed by atoms with Gasteiger partial charge in [-0.2, -0.15) is 0 Å². The molecule has 0 aliphatic heterocycles. The maximum absolute atomic E-state index is 4.92. The molecule has 0 aromatic heterocycles. The van der Waals surface area contributed by atoms with Gasteiger partial charge in [0.25, 0.3) is 0 Å².